The van der Waals surface area contributed by atoms with Crippen LogP contribution in [0.4, 0.5) is 5.69 Å². The molecule has 0 saturated heterocycles. The summed E-state index contributed by atoms with van der Waals surface area (Å²) in [7, 11) is -0.925. The Bertz CT molecular complexity index is 1440. The first-order chi connectivity index (χ1) is 19.6. The number of nitrogens with one attached hydrogen (secondary N) is 1. The predicted octanol–water partition coefficient (Wildman–Crippen LogP) is 4.29. The van der Waals surface area contributed by atoms with Crippen LogP contribution in [0.15, 0.2) is 72.8 Å². The van der Waals surface area contributed by atoms with E-state index in [0.717, 1.165) is 21.7 Å². The molecule has 220 valence electrons. The van der Waals surface area contributed by atoms with Crippen LogP contribution in [-0.4, -0.2) is 64.7 Å². The molecule has 0 aromatic heterocycles. The molecule has 0 saturated carbocycles. The molecule has 3 aromatic rings. The maximum atomic E-state index is 14.1. The minimum absolute atomic E-state index is 0.0497. The molecular formula is C30H36ClN3O6S. The zero-order valence-electron chi connectivity index (χ0n) is 23.7. The van der Waals surface area contributed by atoms with Crippen molar-refractivity contribution in [3.8, 4) is 11.5 Å². The van der Waals surface area contributed by atoms with Crippen molar-refractivity contribution < 1.29 is 27.5 Å². The lowest BCUT2D eigenvalue weighted by atomic mass is 10.0. The third-order valence-electron chi connectivity index (χ3n) is 6.41. The number of sulfonamides is 1. The van der Waals surface area contributed by atoms with Crippen LogP contribution in [0.2, 0.25) is 5.02 Å². The van der Waals surface area contributed by atoms with E-state index >= 15 is 0 Å². The van der Waals surface area contributed by atoms with Gasteiger partial charge in [-0.1, -0.05) is 61.0 Å². The molecule has 1 atom stereocenters. The lowest BCUT2D eigenvalue weighted by Gasteiger charge is -2.33. The molecule has 0 aliphatic rings. The van der Waals surface area contributed by atoms with Gasteiger partial charge in [0.25, 0.3) is 0 Å². The van der Waals surface area contributed by atoms with E-state index in [1.54, 1.807) is 25.3 Å². The molecule has 0 aliphatic carbocycles. The fourth-order valence-corrected chi connectivity index (χ4v) is 5.41. The molecule has 41 heavy (non-hydrogen) atoms. The Kier molecular flexibility index (Phi) is 11.4. The number of rotatable bonds is 14. The standard InChI is InChI=1S/C30H36ClN3O6S/c1-5-16-32-30(36)27(18-22-10-7-6-8-11-22)33(20-23-12-9-13-25(17-23)39-2)29(35)21-34(41(4,37)38)24-14-15-28(40-3)26(31)19-24/h6-15,17,19,27H,5,16,18,20-21H2,1-4H3,(H,32,36). The van der Waals surface area contributed by atoms with Crippen molar-refractivity contribution in [2.75, 3.05) is 37.9 Å². The zero-order chi connectivity index (χ0) is 30.0. The van der Waals surface area contributed by atoms with Gasteiger partial charge in [0.2, 0.25) is 21.8 Å². The first-order valence-electron chi connectivity index (χ1n) is 13.1. The predicted molar refractivity (Wildman–Crippen MR) is 161 cm³/mol. The van der Waals surface area contributed by atoms with E-state index in [1.165, 1.54) is 30.2 Å². The minimum Gasteiger partial charge on any atom is -0.497 e. The van der Waals surface area contributed by atoms with Crippen molar-refractivity contribution in [3.05, 3.63) is 88.9 Å². The van der Waals surface area contributed by atoms with Crippen LogP contribution in [0.5, 0.6) is 11.5 Å². The number of methoxy groups -OCH3 is 2. The Morgan fingerprint density at radius 1 is 0.951 bits per heavy atom. The molecule has 0 radical (unpaired) electrons. The number of amides is 2. The zero-order valence-corrected chi connectivity index (χ0v) is 25.2. The highest BCUT2D eigenvalue weighted by Crippen LogP contribution is 2.30. The molecule has 9 nitrogen and oxygen atoms in total. The average Bonchev–Trinajstić information content (AvgIpc) is 2.96. The normalized spacial score (nSPS) is 11.8. The van der Waals surface area contributed by atoms with Gasteiger partial charge in [0.15, 0.2) is 0 Å². The molecule has 3 aromatic carbocycles. The Hall–Kier alpha value is -3.76. The van der Waals surface area contributed by atoms with Crippen LogP contribution < -0.4 is 19.1 Å². The lowest BCUT2D eigenvalue weighted by molar-refractivity contribution is -0.140. The van der Waals surface area contributed by atoms with Gasteiger partial charge in [0.05, 0.1) is 31.2 Å². The monoisotopic (exact) mass is 601 g/mol. The highest BCUT2D eigenvalue weighted by molar-refractivity contribution is 7.92. The van der Waals surface area contributed by atoms with Gasteiger partial charge in [-0.3, -0.25) is 13.9 Å². The topological polar surface area (TPSA) is 105 Å². The van der Waals surface area contributed by atoms with E-state index in [1.807, 2.05) is 43.3 Å². The quantitative estimate of drug-likeness (QED) is 0.296. The maximum absolute atomic E-state index is 14.1. The van der Waals surface area contributed by atoms with Crippen LogP contribution in [0.1, 0.15) is 24.5 Å². The average molecular weight is 602 g/mol. The van der Waals surface area contributed by atoms with Crippen molar-refractivity contribution in [2.24, 2.45) is 0 Å². The Balaban J connectivity index is 2.06. The fraction of sp³-hybridized carbons (Fsp3) is 0.333. The number of anilines is 1. The summed E-state index contributed by atoms with van der Waals surface area (Å²) in [6, 6.07) is 20.1. The molecule has 0 fully saturated rings. The smallest absolute Gasteiger partial charge is 0.244 e. The van der Waals surface area contributed by atoms with E-state index in [2.05, 4.69) is 5.32 Å². The summed E-state index contributed by atoms with van der Waals surface area (Å²) in [4.78, 5) is 29.1. The first-order valence-corrected chi connectivity index (χ1v) is 15.3. The summed E-state index contributed by atoms with van der Waals surface area (Å²) in [5, 5.41) is 3.11. The summed E-state index contributed by atoms with van der Waals surface area (Å²) < 4.78 is 37.4. The van der Waals surface area contributed by atoms with Crippen LogP contribution in [0, 0.1) is 0 Å². The van der Waals surface area contributed by atoms with Crippen molar-refractivity contribution in [1.29, 1.82) is 0 Å². The van der Waals surface area contributed by atoms with Crippen molar-refractivity contribution in [1.82, 2.24) is 10.2 Å². The van der Waals surface area contributed by atoms with Crippen molar-refractivity contribution >= 4 is 39.1 Å². The minimum atomic E-state index is -3.92. The maximum Gasteiger partial charge on any atom is 0.244 e. The second-order valence-electron chi connectivity index (χ2n) is 9.46. The SMILES string of the molecule is CCCNC(=O)C(Cc1ccccc1)N(Cc1cccc(OC)c1)C(=O)CN(c1ccc(OC)c(Cl)c1)S(C)(=O)=O. The molecule has 3 rings (SSSR count). The van der Waals surface area contributed by atoms with E-state index in [0.29, 0.717) is 24.5 Å². The van der Waals surface area contributed by atoms with Crippen LogP contribution in [0.3, 0.4) is 0 Å². The van der Waals surface area contributed by atoms with Gasteiger partial charge in [-0.05, 0) is 47.9 Å². The highest BCUT2D eigenvalue weighted by atomic mass is 35.5. The van der Waals surface area contributed by atoms with Crippen LogP contribution in [0.25, 0.3) is 0 Å². The van der Waals surface area contributed by atoms with Gasteiger partial charge < -0.3 is 19.7 Å². The molecule has 11 heteroatoms. The number of halogens is 1. The molecule has 0 bridgehead atoms. The number of ether oxygens (including phenoxy) is 2. The number of hydrogen-bond acceptors (Lipinski definition) is 6. The molecular weight excluding hydrogens is 566 g/mol. The van der Waals surface area contributed by atoms with Gasteiger partial charge in [-0.15, -0.1) is 0 Å². The lowest BCUT2D eigenvalue weighted by Crippen LogP contribution is -2.53. The summed E-state index contributed by atoms with van der Waals surface area (Å²) in [6.45, 7) is 1.88. The van der Waals surface area contributed by atoms with E-state index < -0.39 is 28.5 Å². The molecule has 1 unspecified atom stereocenters. The van der Waals surface area contributed by atoms with Crippen LogP contribution >= 0.6 is 11.6 Å². The van der Waals surface area contributed by atoms with Gasteiger partial charge >= 0.3 is 0 Å². The first kappa shape index (κ1) is 31.8. The highest BCUT2D eigenvalue weighted by Gasteiger charge is 2.33. The van der Waals surface area contributed by atoms with E-state index in [4.69, 9.17) is 21.1 Å². The van der Waals surface area contributed by atoms with E-state index in [-0.39, 0.29) is 29.6 Å². The molecule has 0 aliphatic heterocycles. The summed E-state index contributed by atoms with van der Waals surface area (Å²) in [6.07, 6.45) is 1.97. The Morgan fingerprint density at radius 3 is 2.27 bits per heavy atom. The second-order valence-corrected chi connectivity index (χ2v) is 11.8. The third kappa shape index (κ3) is 8.86. The van der Waals surface area contributed by atoms with Crippen molar-refractivity contribution in [2.45, 2.75) is 32.4 Å². The number of nitrogens with zero attached hydrogens (tertiary/aromatic N) is 2. The summed E-state index contributed by atoms with van der Waals surface area (Å²) in [5.41, 5.74) is 1.77. The second kappa shape index (κ2) is 14.7. The van der Waals surface area contributed by atoms with Gasteiger partial charge in [-0.2, -0.15) is 0 Å². The number of carbonyl (C=O) groups is 2. The number of carbonyl (C=O) groups excluding carboxylic acids is 2. The Labute approximate surface area is 247 Å². The molecule has 1 N–H and O–H groups in total. The summed E-state index contributed by atoms with van der Waals surface area (Å²) in [5.74, 6) is 0.0732. The Morgan fingerprint density at radius 2 is 1.66 bits per heavy atom. The molecule has 0 spiro atoms. The largest absolute Gasteiger partial charge is 0.497 e. The number of hydrogen-bond donors (Lipinski definition) is 1. The van der Waals surface area contributed by atoms with Gasteiger partial charge in [-0.25, -0.2) is 8.42 Å². The third-order valence-corrected chi connectivity index (χ3v) is 7.85. The fourth-order valence-electron chi connectivity index (χ4n) is 4.31. The van der Waals surface area contributed by atoms with Crippen molar-refractivity contribution in [3.63, 3.8) is 0 Å². The number of benzene rings is 3. The molecule has 0 heterocycles. The van der Waals surface area contributed by atoms with Crippen LogP contribution in [-0.2, 0) is 32.6 Å². The summed E-state index contributed by atoms with van der Waals surface area (Å²) >= 11 is 6.28. The van der Waals surface area contributed by atoms with Gasteiger partial charge in [0.1, 0.15) is 24.1 Å². The van der Waals surface area contributed by atoms with Gasteiger partial charge in [0, 0.05) is 19.5 Å². The van der Waals surface area contributed by atoms with E-state index in [9.17, 15) is 18.0 Å². The molecule has 2 amide bonds.